The van der Waals surface area contributed by atoms with Crippen LogP contribution in [-0.4, -0.2) is 33.3 Å². The number of hydrogen-bond acceptors (Lipinski definition) is 7. The zero-order valence-corrected chi connectivity index (χ0v) is 20.6. The Labute approximate surface area is 211 Å². The average molecular weight is 505 g/mol. The predicted octanol–water partition coefficient (Wildman–Crippen LogP) is 6.76. The van der Waals surface area contributed by atoms with Gasteiger partial charge in [0.25, 0.3) is 0 Å². The maximum atomic E-state index is 10.3. The summed E-state index contributed by atoms with van der Waals surface area (Å²) in [5, 5.41) is 22.8. The summed E-state index contributed by atoms with van der Waals surface area (Å²) in [6.45, 7) is 2.20. The molecule has 4 aromatic heterocycles. The van der Waals surface area contributed by atoms with Gasteiger partial charge in [0.2, 0.25) is 0 Å². The molecule has 6 rings (SSSR count). The van der Waals surface area contributed by atoms with Gasteiger partial charge in [0.1, 0.15) is 17.5 Å². The fraction of sp³-hybridized carbons (Fsp3) is 0.200. The van der Waals surface area contributed by atoms with Crippen LogP contribution >= 0.6 is 35.1 Å². The smallest absolute Gasteiger partial charge is 0.182 e. The topological polar surface area (TPSA) is 81.5 Å². The molecule has 1 fully saturated rings. The molecular weight excluding hydrogens is 484 g/mol. The predicted molar refractivity (Wildman–Crippen MR) is 142 cm³/mol. The number of piperidine rings is 1. The number of nitrogens with zero attached hydrogens (tertiary/aromatic N) is 5. The van der Waals surface area contributed by atoms with Gasteiger partial charge in [0.05, 0.1) is 27.0 Å². The minimum absolute atomic E-state index is 0. The second-order valence-electron chi connectivity index (χ2n) is 8.06. The SMILES string of the molecule is Cl.N#Cc1c(-c2cscn2)nc2n[nH]c(-c3cccs3)c2c1-c1ccc(N2CCCCC2)cc1. The molecule has 1 aromatic carbocycles. The molecule has 34 heavy (non-hydrogen) atoms. The van der Waals surface area contributed by atoms with Crippen molar-refractivity contribution < 1.29 is 0 Å². The highest BCUT2D eigenvalue weighted by Crippen LogP contribution is 2.41. The number of rotatable bonds is 4. The number of benzene rings is 1. The number of hydrogen-bond donors (Lipinski definition) is 1. The number of aromatic nitrogens is 4. The number of nitriles is 1. The van der Waals surface area contributed by atoms with Gasteiger partial charge in [-0.05, 0) is 48.4 Å². The van der Waals surface area contributed by atoms with Gasteiger partial charge in [-0.3, -0.25) is 5.10 Å². The van der Waals surface area contributed by atoms with E-state index in [0.29, 0.717) is 22.6 Å². The van der Waals surface area contributed by atoms with Crippen molar-refractivity contribution in [2.24, 2.45) is 0 Å². The van der Waals surface area contributed by atoms with E-state index in [4.69, 9.17) is 4.98 Å². The molecule has 0 radical (unpaired) electrons. The Morgan fingerprint density at radius 2 is 1.88 bits per heavy atom. The van der Waals surface area contributed by atoms with E-state index < -0.39 is 0 Å². The summed E-state index contributed by atoms with van der Waals surface area (Å²) in [5.41, 5.74) is 8.11. The highest BCUT2D eigenvalue weighted by molar-refractivity contribution is 7.13. The summed E-state index contributed by atoms with van der Waals surface area (Å²) in [5.74, 6) is 0. The number of fused-ring (bicyclic) bond motifs is 1. The molecular formula is C25H21ClN6S2. The summed E-state index contributed by atoms with van der Waals surface area (Å²) >= 11 is 3.13. The first kappa shape index (κ1) is 22.5. The Balaban J connectivity index is 0.00000241. The molecule has 1 aliphatic heterocycles. The molecule has 5 heterocycles. The lowest BCUT2D eigenvalue weighted by Crippen LogP contribution is -2.29. The van der Waals surface area contributed by atoms with Crippen LogP contribution < -0.4 is 4.90 Å². The molecule has 0 unspecified atom stereocenters. The van der Waals surface area contributed by atoms with Crippen molar-refractivity contribution in [2.75, 3.05) is 18.0 Å². The van der Waals surface area contributed by atoms with E-state index in [1.54, 1.807) is 16.8 Å². The number of thiophene rings is 1. The fourth-order valence-corrected chi connectivity index (χ4v) is 5.82. The van der Waals surface area contributed by atoms with E-state index in [9.17, 15) is 5.26 Å². The number of pyridine rings is 1. The van der Waals surface area contributed by atoms with Crippen LogP contribution in [0.1, 0.15) is 24.8 Å². The first-order valence-electron chi connectivity index (χ1n) is 10.9. The Morgan fingerprint density at radius 1 is 1.06 bits per heavy atom. The van der Waals surface area contributed by atoms with Crippen molar-refractivity contribution >= 4 is 51.8 Å². The van der Waals surface area contributed by atoms with Crippen LogP contribution in [0.5, 0.6) is 0 Å². The van der Waals surface area contributed by atoms with Crippen LogP contribution in [0.2, 0.25) is 0 Å². The third kappa shape index (κ3) is 3.86. The van der Waals surface area contributed by atoms with Gasteiger partial charge >= 0.3 is 0 Å². The Morgan fingerprint density at radius 3 is 2.56 bits per heavy atom. The van der Waals surface area contributed by atoms with Crippen LogP contribution in [-0.2, 0) is 0 Å². The number of H-pyrrole nitrogens is 1. The summed E-state index contributed by atoms with van der Waals surface area (Å²) < 4.78 is 0. The lowest BCUT2D eigenvalue weighted by molar-refractivity contribution is 0.578. The summed E-state index contributed by atoms with van der Waals surface area (Å²) in [4.78, 5) is 12.7. The Hall–Kier alpha value is -3.25. The molecule has 0 spiro atoms. The van der Waals surface area contributed by atoms with Crippen LogP contribution in [0, 0.1) is 11.3 Å². The quantitative estimate of drug-likeness (QED) is 0.292. The van der Waals surface area contributed by atoms with Crippen LogP contribution in [0.15, 0.2) is 52.7 Å². The summed E-state index contributed by atoms with van der Waals surface area (Å²) in [6.07, 6.45) is 3.78. The average Bonchev–Trinajstić information content (AvgIpc) is 3.65. The molecule has 1 N–H and O–H groups in total. The van der Waals surface area contributed by atoms with Gasteiger partial charge in [0, 0.05) is 29.7 Å². The second-order valence-corrected chi connectivity index (χ2v) is 9.73. The number of anilines is 1. The van der Waals surface area contributed by atoms with Gasteiger partial charge in [-0.25, -0.2) is 9.97 Å². The van der Waals surface area contributed by atoms with Crippen LogP contribution in [0.25, 0.3) is 44.1 Å². The molecule has 0 bridgehead atoms. The maximum absolute atomic E-state index is 10.3. The van der Waals surface area contributed by atoms with Crippen molar-refractivity contribution in [1.29, 1.82) is 5.26 Å². The van der Waals surface area contributed by atoms with Gasteiger partial charge < -0.3 is 4.90 Å². The molecule has 0 amide bonds. The van der Waals surface area contributed by atoms with Crippen molar-refractivity contribution in [3.63, 3.8) is 0 Å². The summed E-state index contributed by atoms with van der Waals surface area (Å²) in [6, 6.07) is 15.1. The van der Waals surface area contributed by atoms with Crippen molar-refractivity contribution in [2.45, 2.75) is 19.3 Å². The van der Waals surface area contributed by atoms with Crippen LogP contribution in [0.4, 0.5) is 5.69 Å². The zero-order valence-electron chi connectivity index (χ0n) is 18.2. The minimum Gasteiger partial charge on any atom is -0.372 e. The number of aromatic amines is 1. The Bertz CT molecular complexity index is 1440. The monoisotopic (exact) mass is 504 g/mol. The third-order valence-electron chi connectivity index (χ3n) is 6.13. The lowest BCUT2D eigenvalue weighted by Gasteiger charge is -2.29. The van der Waals surface area contributed by atoms with Gasteiger partial charge in [0.15, 0.2) is 5.65 Å². The van der Waals surface area contributed by atoms with Crippen molar-refractivity contribution in [3.05, 3.63) is 58.2 Å². The van der Waals surface area contributed by atoms with Gasteiger partial charge in [-0.2, -0.15) is 10.4 Å². The molecule has 170 valence electrons. The maximum Gasteiger partial charge on any atom is 0.182 e. The molecule has 9 heteroatoms. The van der Waals surface area contributed by atoms with Crippen molar-refractivity contribution in [3.8, 4) is 39.2 Å². The van der Waals surface area contributed by atoms with Crippen LogP contribution in [0.3, 0.4) is 0 Å². The first-order valence-corrected chi connectivity index (χ1v) is 12.8. The summed E-state index contributed by atoms with van der Waals surface area (Å²) in [7, 11) is 0. The van der Waals surface area contributed by atoms with E-state index in [2.05, 4.69) is 56.5 Å². The largest absolute Gasteiger partial charge is 0.372 e. The van der Waals surface area contributed by atoms with E-state index in [1.165, 1.54) is 36.3 Å². The van der Waals surface area contributed by atoms with E-state index in [0.717, 1.165) is 40.2 Å². The molecule has 1 saturated heterocycles. The highest BCUT2D eigenvalue weighted by atomic mass is 35.5. The molecule has 0 atom stereocenters. The second kappa shape index (κ2) is 9.55. The molecule has 0 saturated carbocycles. The number of nitrogens with one attached hydrogen (secondary N) is 1. The molecule has 0 aliphatic carbocycles. The number of thiazole rings is 1. The van der Waals surface area contributed by atoms with E-state index >= 15 is 0 Å². The molecule has 6 nitrogen and oxygen atoms in total. The normalized spacial score (nSPS) is 13.6. The minimum atomic E-state index is 0. The van der Waals surface area contributed by atoms with Gasteiger partial charge in [-0.1, -0.05) is 18.2 Å². The number of halogens is 1. The Kier molecular flexibility index (Phi) is 6.33. The van der Waals surface area contributed by atoms with E-state index in [-0.39, 0.29) is 12.4 Å². The fourth-order valence-electron chi connectivity index (χ4n) is 4.56. The van der Waals surface area contributed by atoms with E-state index in [1.807, 2.05) is 16.8 Å². The van der Waals surface area contributed by atoms with Crippen molar-refractivity contribution in [1.82, 2.24) is 20.2 Å². The third-order valence-corrected chi connectivity index (χ3v) is 7.61. The first-order chi connectivity index (χ1) is 16.3. The highest BCUT2D eigenvalue weighted by Gasteiger charge is 2.24. The molecule has 5 aromatic rings. The van der Waals surface area contributed by atoms with Gasteiger partial charge in [-0.15, -0.1) is 35.1 Å². The molecule has 1 aliphatic rings. The lowest BCUT2D eigenvalue weighted by atomic mass is 9.94. The zero-order chi connectivity index (χ0) is 22.2. The standard InChI is InChI=1S/C25H20N6S2.ClH/c26-13-18-21(16-6-8-17(9-7-16)31-10-2-1-3-11-31)22-24(20-5-4-12-33-20)29-30-25(22)28-23(18)19-14-32-15-27-19;/h4-9,12,14-15H,1-3,10-11H2,(H,28,29,30);1H.